The Kier molecular flexibility index (Phi) is 18.0. The number of hydrogen-bond acceptors (Lipinski definition) is 16. The van der Waals surface area contributed by atoms with Gasteiger partial charge in [-0.05, 0) is 46.4 Å². The molecular weight excluding hydrogens is 916 g/mol. The Morgan fingerprint density at radius 2 is 0.561 bits per heavy atom. The topological polar surface area (TPSA) is 234 Å². The molecule has 0 aromatic rings. The fourth-order valence-corrected chi connectivity index (χ4v) is 2.84. The second-order valence-corrected chi connectivity index (χ2v) is 9.00. The number of aliphatic carboxylic acids is 4. The molecule has 0 bridgehead atoms. The molecule has 0 fully saturated rings. The molecule has 0 saturated heterocycles. The van der Waals surface area contributed by atoms with Gasteiger partial charge in [0.2, 0.25) is 20.9 Å². The average molecular weight is 920 g/mol. The smallest absolute Gasteiger partial charge is 0.547 e. The molecule has 226 valence electrons. The van der Waals surface area contributed by atoms with Gasteiger partial charge in [0.1, 0.15) is 20.1 Å². The van der Waals surface area contributed by atoms with E-state index in [4.69, 9.17) is 92.8 Å². The summed E-state index contributed by atoms with van der Waals surface area (Å²) in [5.74, 6) is -5.94. The van der Waals surface area contributed by atoms with Crippen molar-refractivity contribution >= 4 is 117 Å². The van der Waals surface area contributed by atoms with Crippen LogP contribution in [0.4, 0.5) is 0 Å². The van der Waals surface area contributed by atoms with Crippen LogP contribution in [0.5, 0.6) is 0 Å². The number of carbonyl (C=O) groups is 4. The Labute approximate surface area is 280 Å². The van der Waals surface area contributed by atoms with E-state index in [-0.39, 0.29) is 62.1 Å². The summed E-state index contributed by atoms with van der Waals surface area (Å²) < 4.78 is 0. The minimum Gasteiger partial charge on any atom is -0.547 e. The van der Waals surface area contributed by atoms with Gasteiger partial charge < -0.3 is 59.2 Å². The van der Waals surface area contributed by atoms with E-state index in [1.54, 1.807) is 0 Å². The Morgan fingerprint density at radius 1 is 0.415 bits per heavy atom. The van der Waals surface area contributed by atoms with Crippen molar-refractivity contribution in [3.8, 4) is 0 Å². The molecule has 4 heterocycles. The summed E-state index contributed by atoms with van der Waals surface area (Å²) in [7, 11) is 0. The van der Waals surface area contributed by atoms with Crippen molar-refractivity contribution in [2.24, 2.45) is 0 Å². The van der Waals surface area contributed by atoms with E-state index < -0.39 is 48.3 Å². The van der Waals surface area contributed by atoms with Crippen LogP contribution in [-0.4, -0.2) is 48.3 Å². The maximum atomic E-state index is 10.1. The number of carbonyl (C=O) groups excluding carboxylic acids is 4. The molecule has 0 saturated carbocycles. The predicted octanol–water partition coefficient (Wildman–Crippen LogP) is -1.15. The van der Waals surface area contributed by atoms with Crippen LogP contribution < -0.4 is 20.4 Å². The van der Waals surface area contributed by atoms with Crippen LogP contribution >= 0.6 is 92.8 Å². The third-order valence-electron chi connectivity index (χ3n) is 3.40. The number of carboxylic acids is 4. The first kappa shape index (κ1) is 39.9. The Hall–Kier alpha value is -1.11. The first-order valence-electron chi connectivity index (χ1n) is 8.88. The Balaban J connectivity index is 0.000000516. The average Bonchev–Trinajstić information content (AvgIpc) is 3.59. The van der Waals surface area contributed by atoms with Gasteiger partial charge in [0.05, 0.1) is 23.9 Å². The van der Waals surface area contributed by atoms with Crippen molar-refractivity contribution in [3.05, 3.63) is 41.0 Å². The zero-order chi connectivity index (χ0) is 30.9. The fraction of sp³-hybridized carbons (Fsp3) is 0.250. The molecule has 0 amide bonds. The molecule has 0 aromatic carbocycles. The molecule has 0 radical (unpaired) electrons. The van der Waals surface area contributed by atoms with Crippen LogP contribution in [0, 0.1) is 0 Å². The molecule has 16 nitrogen and oxygen atoms in total. The van der Waals surface area contributed by atoms with Crippen molar-refractivity contribution in [1.82, 2.24) is 0 Å². The summed E-state index contributed by atoms with van der Waals surface area (Å²) in [6, 6.07) is 0. The monoisotopic (exact) mass is 916 g/mol. The van der Waals surface area contributed by atoms with Crippen LogP contribution in [0.15, 0.2) is 41.0 Å². The molecule has 41 heavy (non-hydrogen) atoms. The van der Waals surface area contributed by atoms with Crippen molar-refractivity contribution in [3.63, 3.8) is 0 Å². The molecule has 4 atom stereocenters. The zero-order valence-electron chi connectivity index (χ0n) is 18.3. The van der Waals surface area contributed by atoms with Gasteiger partial charge in [0, 0.05) is 0 Å². The first-order chi connectivity index (χ1) is 18.5. The van der Waals surface area contributed by atoms with E-state index in [9.17, 15) is 39.6 Å². The molecule has 4 aliphatic heterocycles. The van der Waals surface area contributed by atoms with E-state index in [0.29, 0.717) is 0 Å². The molecule has 0 spiro atoms. The second kappa shape index (κ2) is 18.5. The second-order valence-electron chi connectivity index (χ2n) is 6.00. The van der Waals surface area contributed by atoms with Crippen LogP contribution in [0.2, 0.25) is 0 Å². The third kappa shape index (κ3) is 11.8. The fourth-order valence-electron chi connectivity index (χ4n) is 1.67. The van der Waals surface area contributed by atoms with Gasteiger partial charge in [-0.1, -0.05) is 46.4 Å². The summed E-state index contributed by atoms with van der Waals surface area (Å²) in [5, 5.41) is 38.4. The van der Waals surface area contributed by atoms with Gasteiger partial charge in [0.15, 0.2) is 24.4 Å². The minimum absolute atomic E-state index is 0. The number of carboxylic acid groups (broad SMARTS) is 4. The van der Waals surface area contributed by atoms with E-state index in [0.717, 1.165) is 0 Å². The zero-order valence-corrected chi connectivity index (χ0v) is 27.3. The molecule has 0 N–H and O–H groups in total. The van der Waals surface area contributed by atoms with Crippen molar-refractivity contribution in [2.45, 2.75) is 24.4 Å². The Morgan fingerprint density at radius 3 is 0.610 bits per heavy atom. The maximum absolute atomic E-state index is 10.1. The Bertz CT molecular complexity index is 981. The molecule has 0 aromatic heterocycles. The third-order valence-corrected chi connectivity index (χ3v) is 6.33. The SMILES string of the molecule is O=C([O-])C1OOC(Cl)=C1Cl.O=C([O-])C1OOC(Cl)=C1Cl.O=C([O-])C1OOC(Cl)=C1Cl.O=C([O-])C1OOC(Cl)=C1Cl.[W+4]. The summed E-state index contributed by atoms with van der Waals surface area (Å²) in [5.41, 5.74) is 0. The van der Waals surface area contributed by atoms with E-state index in [1.807, 2.05) is 0 Å². The van der Waals surface area contributed by atoms with E-state index in [2.05, 4.69) is 39.1 Å². The van der Waals surface area contributed by atoms with Gasteiger partial charge in [0.25, 0.3) is 0 Å². The van der Waals surface area contributed by atoms with Crippen LogP contribution in [0.25, 0.3) is 0 Å². The molecule has 4 aliphatic rings. The normalized spacial score (nSPS) is 24.2. The van der Waals surface area contributed by atoms with Gasteiger partial charge >= 0.3 is 21.1 Å². The van der Waals surface area contributed by atoms with Gasteiger partial charge in [-0.15, -0.1) is 0 Å². The number of rotatable bonds is 4. The standard InChI is InChI=1S/4C4H2Cl2O4.W/c4*5-1-2(4(7)8)9-10-3(1)6;/h4*2H,(H,7,8);/q;;;;+4/p-4. The van der Waals surface area contributed by atoms with Gasteiger partial charge in [-0.25, -0.2) is 0 Å². The van der Waals surface area contributed by atoms with E-state index >= 15 is 0 Å². The minimum atomic E-state index is -1.49. The summed E-state index contributed by atoms with van der Waals surface area (Å²) >= 11 is 42.0. The molecule has 4 unspecified atom stereocenters. The van der Waals surface area contributed by atoms with Crippen LogP contribution in [0.3, 0.4) is 0 Å². The summed E-state index contributed by atoms with van der Waals surface area (Å²) in [6.07, 6.45) is -5.58. The maximum Gasteiger partial charge on any atom is 4.00 e. The molecule has 4 rings (SSSR count). The molecular formula is C16H4Cl8O16W. The predicted molar refractivity (Wildman–Crippen MR) is 119 cm³/mol. The van der Waals surface area contributed by atoms with Gasteiger partial charge in [-0.3, -0.25) is 0 Å². The summed E-state index contributed by atoms with van der Waals surface area (Å²) in [6.45, 7) is 0. The first-order valence-corrected chi connectivity index (χ1v) is 11.9. The van der Waals surface area contributed by atoms with Gasteiger partial charge in [-0.2, -0.15) is 19.6 Å². The van der Waals surface area contributed by atoms with Crippen LogP contribution in [-0.2, 0) is 79.3 Å². The summed E-state index contributed by atoms with van der Waals surface area (Å²) in [4.78, 5) is 73.3. The van der Waals surface area contributed by atoms with Crippen molar-refractivity contribution in [1.29, 1.82) is 0 Å². The number of hydrogen-bond donors (Lipinski definition) is 0. The molecule has 25 heteroatoms. The largest absolute Gasteiger partial charge is 4.00 e. The van der Waals surface area contributed by atoms with Crippen LogP contribution in [0.1, 0.15) is 0 Å². The van der Waals surface area contributed by atoms with Crippen molar-refractivity contribution < 1.29 is 99.8 Å². The number of halogens is 8. The quantitative estimate of drug-likeness (QED) is 0.303. The van der Waals surface area contributed by atoms with Crippen molar-refractivity contribution in [2.75, 3.05) is 0 Å². The van der Waals surface area contributed by atoms with E-state index in [1.165, 1.54) is 0 Å². The molecule has 0 aliphatic carbocycles.